The number of ether oxygens (including phenoxy) is 1. The number of rotatable bonds is 5. The monoisotopic (exact) mass is 470 g/mol. The smallest absolute Gasteiger partial charge is 0.244 e. The van der Waals surface area contributed by atoms with E-state index in [9.17, 15) is 4.79 Å². The lowest BCUT2D eigenvalue weighted by atomic mass is 10.0. The molecule has 0 atom stereocenters. The number of aromatic amines is 1. The van der Waals surface area contributed by atoms with Crippen molar-refractivity contribution in [2.45, 2.75) is 19.6 Å². The first-order chi connectivity index (χ1) is 15.6. The van der Waals surface area contributed by atoms with Gasteiger partial charge >= 0.3 is 0 Å². The summed E-state index contributed by atoms with van der Waals surface area (Å²) in [5, 5.41) is 21.4. The zero-order valence-electron chi connectivity index (χ0n) is 16.6. The molecule has 1 aromatic carbocycles. The van der Waals surface area contributed by atoms with Gasteiger partial charge in [-0.3, -0.25) is 9.89 Å². The van der Waals surface area contributed by atoms with Gasteiger partial charge in [0.2, 0.25) is 5.91 Å². The van der Waals surface area contributed by atoms with Gasteiger partial charge in [-0.2, -0.15) is 15.5 Å². The number of hydrogen-bond acceptors (Lipinski definition) is 6. The Hall–Kier alpha value is -3.55. The lowest BCUT2D eigenvalue weighted by molar-refractivity contribution is -0.133. The van der Waals surface area contributed by atoms with Gasteiger partial charge in [-0.25, -0.2) is 9.67 Å². The van der Waals surface area contributed by atoms with E-state index in [1.54, 1.807) is 23.4 Å². The summed E-state index contributed by atoms with van der Waals surface area (Å²) in [7, 11) is 0. The Labute approximate surface area is 191 Å². The van der Waals surface area contributed by atoms with Crippen LogP contribution in [0, 0.1) is 11.3 Å². The molecule has 4 heterocycles. The van der Waals surface area contributed by atoms with Gasteiger partial charge in [0.05, 0.1) is 33.7 Å². The molecule has 0 saturated heterocycles. The van der Waals surface area contributed by atoms with E-state index >= 15 is 0 Å². The second-order valence-corrected chi connectivity index (χ2v) is 7.99. The predicted octanol–water partition coefficient (Wildman–Crippen LogP) is 2.87. The van der Waals surface area contributed by atoms with E-state index in [4.69, 9.17) is 33.2 Å². The lowest BCUT2D eigenvalue weighted by Gasteiger charge is -2.30. The van der Waals surface area contributed by atoms with Crippen molar-refractivity contribution in [2.75, 3.05) is 13.2 Å². The number of nitrogens with one attached hydrogen (secondary N) is 1. The highest BCUT2D eigenvalue weighted by molar-refractivity contribution is 6.45. The van der Waals surface area contributed by atoms with Gasteiger partial charge in [-0.1, -0.05) is 23.2 Å². The van der Waals surface area contributed by atoms with E-state index in [1.165, 1.54) is 17.3 Å². The largest absolute Gasteiger partial charge is 0.478 e. The van der Waals surface area contributed by atoms with E-state index in [0.717, 1.165) is 22.2 Å². The molecule has 0 radical (unpaired) electrons. The molecule has 1 aliphatic rings. The Kier molecular flexibility index (Phi) is 5.20. The quantitative estimate of drug-likeness (QED) is 0.478. The summed E-state index contributed by atoms with van der Waals surface area (Å²) in [6.07, 6.45) is 6.37. The highest BCUT2D eigenvalue weighted by Crippen LogP contribution is 2.46. The van der Waals surface area contributed by atoms with Crippen molar-refractivity contribution < 1.29 is 9.53 Å². The third-order valence-corrected chi connectivity index (χ3v) is 6.20. The molecule has 162 valence electrons. The summed E-state index contributed by atoms with van der Waals surface area (Å²) in [5.41, 5.74) is 3.24. The third-order valence-electron chi connectivity index (χ3n) is 5.42. The number of hydrogen-bond donors (Lipinski definition) is 1. The molecule has 1 amide bonds. The maximum absolute atomic E-state index is 12.9. The van der Waals surface area contributed by atoms with E-state index in [1.807, 2.05) is 6.07 Å². The average molecular weight is 471 g/mol. The second-order valence-electron chi connectivity index (χ2n) is 7.21. The van der Waals surface area contributed by atoms with Crippen LogP contribution in [0.2, 0.25) is 10.0 Å². The van der Waals surface area contributed by atoms with Gasteiger partial charge in [0.1, 0.15) is 31.0 Å². The molecule has 0 bridgehead atoms. The molecule has 12 heteroatoms. The van der Waals surface area contributed by atoms with Gasteiger partial charge in [0.15, 0.2) is 6.61 Å². The highest BCUT2D eigenvalue weighted by Gasteiger charge is 2.31. The fraction of sp³-hybridized carbons (Fsp3) is 0.250. The van der Waals surface area contributed by atoms with Crippen LogP contribution in [-0.2, 0) is 24.4 Å². The first kappa shape index (κ1) is 20.4. The maximum atomic E-state index is 12.9. The Bertz CT molecular complexity index is 1340. The molecule has 4 aromatic rings. The number of fused-ring (bicyclic) bond motifs is 3. The van der Waals surface area contributed by atoms with Crippen molar-refractivity contribution in [3.05, 3.63) is 46.9 Å². The summed E-state index contributed by atoms with van der Waals surface area (Å²) < 4.78 is 9.27. The molecule has 5 rings (SSSR count). The second kappa shape index (κ2) is 8.18. The fourth-order valence-corrected chi connectivity index (χ4v) is 4.52. The molecule has 10 nitrogen and oxygen atoms in total. The molecular weight excluding hydrogens is 455 g/mol. The van der Waals surface area contributed by atoms with E-state index < -0.39 is 0 Å². The number of carbonyl (C=O) groups is 1. The number of nitrogens with zero attached hydrogens (tertiary/aromatic N) is 7. The van der Waals surface area contributed by atoms with Crippen LogP contribution in [0.3, 0.4) is 0 Å². The van der Waals surface area contributed by atoms with Crippen molar-refractivity contribution in [3.63, 3.8) is 0 Å². The van der Waals surface area contributed by atoms with Crippen LogP contribution >= 0.6 is 23.2 Å². The summed E-state index contributed by atoms with van der Waals surface area (Å²) in [4.78, 5) is 18.6. The number of H-pyrrole nitrogens is 1. The minimum absolute atomic E-state index is 0.0739. The molecule has 3 aromatic heterocycles. The normalized spacial score (nSPS) is 13.2. The minimum atomic E-state index is -0.138. The fourth-order valence-electron chi connectivity index (χ4n) is 4.08. The molecule has 0 saturated carbocycles. The number of halogens is 2. The van der Waals surface area contributed by atoms with Gasteiger partial charge in [0, 0.05) is 42.2 Å². The summed E-state index contributed by atoms with van der Waals surface area (Å²) in [6.45, 7) is 1.33. The maximum Gasteiger partial charge on any atom is 0.244 e. The molecule has 0 spiro atoms. The Morgan fingerprint density at radius 2 is 2.22 bits per heavy atom. The standard InChI is InChI=1S/C20H16Cl2N8O2/c21-13-5-15(32-4-1-23)18-17(12-6-25-26-7-12)14-8-28(2-3-30(14)20(18)19(13)22)16(31)9-29-11-24-10-27-29/h5-7,10-11H,2-4,8-9H2,(H,25,26). The molecular formula is C20H16Cl2N8O2. The lowest BCUT2D eigenvalue weighted by Crippen LogP contribution is -2.40. The number of amides is 1. The average Bonchev–Trinajstić information content (AvgIpc) is 3.54. The first-order valence-corrected chi connectivity index (χ1v) is 10.5. The van der Waals surface area contributed by atoms with Gasteiger partial charge in [-0.05, 0) is 0 Å². The van der Waals surface area contributed by atoms with Crippen molar-refractivity contribution in [1.82, 2.24) is 34.4 Å². The SMILES string of the molecule is N#CCOc1cc(Cl)c(Cl)c2c1c(-c1cn[nH]c1)c1n2CCN(C(=O)Cn2cncn2)C1. The van der Waals surface area contributed by atoms with Crippen LogP contribution in [0.15, 0.2) is 31.1 Å². The number of nitriles is 1. The molecule has 1 aliphatic heterocycles. The topological polar surface area (TPSA) is 118 Å². The Balaban J connectivity index is 1.66. The summed E-state index contributed by atoms with van der Waals surface area (Å²) in [5.74, 6) is 0.379. The molecule has 32 heavy (non-hydrogen) atoms. The number of aromatic nitrogens is 6. The van der Waals surface area contributed by atoms with Crippen molar-refractivity contribution in [1.29, 1.82) is 5.26 Å². The Morgan fingerprint density at radius 3 is 2.94 bits per heavy atom. The van der Waals surface area contributed by atoms with Crippen molar-refractivity contribution in [3.8, 4) is 22.9 Å². The highest BCUT2D eigenvalue weighted by atomic mass is 35.5. The minimum Gasteiger partial charge on any atom is -0.478 e. The van der Waals surface area contributed by atoms with E-state index in [0.29, 0.717) is 40.9 Å². The van der Waals surface area contributed by atoms with Crippen LogP contribution in [0.4, 0.5) is 0 Å². The molecule has 0 aliphatic carbocycles. The summed E-state index contributed by atoms with van der Waals surface area (Å²) >= 11 is 13.0. The summed E-state index contributed by atoms with van der Waals surface area (Å²) in [6, 6.07) is 3.60. The number of carbonyl (C=O) groups excluding carboxylic acids is 1. The first-order valence-electron chi connectivity index (χ1n) is 9.70. The van der Waals surface area contributed by atoms with E-state index in [-0.39, 0.29) is 19.1 Å². The zero-order chi connectivity index (χ0) is 22.2. The number of benzene rings is 1. The molecule has 0 unspecified atom stereocenters. The zero-order valence-corrected chi connectivity index (χ0v) is 18.1. The molecule has 1 N–H and O–H groups in total. The third kappa shape index (κ3) is 3.36. The Morgan fingerprint density at radius 1 is 1.34 bits per heavy atom. The van der Waals surface area contributed by atoms with Crippen LogP contribution in [0.1, 0.15) is 5.69 Å². The predicted molar refractivity (Wildman–Crippen MR) is 116 cm³/mol. The van der Waals surface area contributed by atoms with Crippen molar-refractivity contribution >= 4 is 40.0 Å². The van der Waals surface area contributed by atoms with Crippen LogP contribution in [-0.4, -0.2) is 53.5 Å². The molecule has 0 fully saturated rings. The van der Waals surface area contributed by atoms with Gasteiger partial charge in [0.25, 0.3) is 0 Å². The van der Waals surface area contributed by atoms with Crippen molar-refractivity contribution in [2.24, 2.45) is 0 Å². The van der Waals surface area contributed by atoms with Gasteiger partial charge < -0.3 is 14.2 Å². The van der Waals surface area contributed by atoms with Crippen LogP contribution in [0.25, 0.3) is 22.0 Å². The van der Waals surface area contributed by atoms with Crippen LogP contribution in [0.5, 0.6) is 5.75 Å². The van der Waals surface area contributed by atoms with Gasteiger partial charge in [-0.15, -0.1) is 0 Å². The van der Waals surface area contributed by atoms with E-state index in [2.05, 4.69) is 24.8 Å². The van der Waals surface area contributed by atoms with Crippen LogP contribution < -0.4 is 4.74 Å².